The van der Waals surface area contributed by atoms with Gasteiger partial charge in [0.05, 0.1) is 0 Å². The van der Waals surface area contributed by atoms with Crippen LogP contribution in [0.2, 0.25) is 0 Å². The number of aliphatic carboxylic acids is 1. The Balaban J connectivity index is -0.000000405. The van der Waals surface area contributed by atoms with Crippen LogP contribution in [0.15, 0.2) is 0 Å². The van der Waals surface area contributed by atoms with Crippen molar-refractivity contribution in [2.24, 2.45) is 0 Å². The van der Waals surface area contributed by atoms with Crippen molar-refractivity contribution >= 4 is 43.7 Å². The van der Waals surface area contributed by atoms with Crippen molar-refractivity contribution in [3.05, 3.63) is 0 Å². The monoisotopic (exact) mass is 200 g/mol. The Morgan fingerprint density at radius 3 is 2.08 bits per heavy atom. The molecule has 0 spiro atoms. The summed E-state index contributed by atoms with van der Waals surface area (Å²) in [5, 5.41) is 9.92. The van der Waals surface area contributed by atoms with Crippen LogP contribution in [0.3, 0.4) is 0 Å². The van der Waals surface area contributed by atoms with Gasteiger partial charge in [-0.15, -0.1) is 0 Å². The van der Waals surface area contributed by atoms with Crippen molar-refractivity contribution in [3.8, 4) is 0 Å². The number of hydrogen-bond donors (Lipinski definition) is 0. The maximum Gasteiger partial charge on any atom is 2.00 e. The molecule has 0 amide bonds. The molecule has 3 nitrogen and oxygen atoms in total. The number of rotatable bonds is 6. The molecular weight excluding hydrogens is 184 g/mol. The first-order valence-corrected chi connectivity index (χ1v) is 3.97. The molecule has 0 saturated heterocycles. The fraction of sp³-hybridized carbons (Fsp3) is 0.875. The van der Waals surface area contributed by atoms with Crippen LogP contribution in [0.5, 0.6) is 0 Å². The molecule has 0 aliphatic heterocycles. The van der Waals surface area contributed by atoms with Crippen LogP contribution in [0.4, 0.5) is 0 Å². The number of carboxylic acids is 1. The third-order valence-electron chi connectivity index (χ3n) is 1.48. The van der Waals surface area contributed by atoms with Gasteiger partial charge < -0.3 is 15.4 Å². The molecule has 0 aromatic heterocycles. The molecule has 0 saturated carbocycles. The Bertz CT molecular complexity index is 96.3. The molecular formula is C8H16CaO3. The quantitative estimate of drug-likeness (QED) is 0.464. The molecule has 4 heteroatoms. The van der Waals surface area contributed by atoms with Gasteiger partial charge in [-0.1, -0.05) is 32.6 Å². The molecule has 0 atom stereocenters. The summed E-state index contributed by atoms with van der Waals surface area (Å²) in [6.07, 6.45) is 5.61. The van der Waals surface area contributed by atoms with Crippen molar-refractivity contribution < 1.29 is 15.4 Å². The average molecular weight is 200 g/mol. The average Bonchev–Trinajstić information content (AvgIpc) is 1.87. The molecule has 0 radical (unpaired) electrons. The summed E-state index contributed by atoms with van der Waals surface area (Å²) in [4.78, 5) is 9.92. The van der Waals surface area contributed by atoms with E-state index in [1.165, 1.54) is 12.8 Å². The topological polar surface area (TPSA) is 70.1 Å². The second kappa shape index (κ2) is 14.2. The van der Waals surface area contributed by atoms with E-state index >= 15 is 0 Å². The Hall–Kier alpha value is 0.690. The number of carbonyl (C=O) groups is 1. The van der Waals surface area contributed by atoms with Gasteiger partial charge in [-0.05, 0) is 12.8 Å². The fourth-order valence-electron chi connectivity index (χ4n) is 0.873. The fourth-order valence-corrected chi connectivity index (χ4v) is 0.873. The largest absolute Gasteiger partial charge is 2.00 e. The van der Waals surface area contributed by atoms with Crippen molar-refractivity contribution in [1.29, 1.82) is 0 Å². The van der Waals surface area contributed by atoms with Crippen LogP contribution in [0.1, 0.15) is 45.4 Å². The van der Waals surface area contributed by atoms with Gasteiger partial charge in [0, 0.05) is 5.97 Å². The van der Waals surface area contributed by atoms with E-state index in [-0.39, 0.29) is 49.6 Å². The molecule has 0 unspecified atom stereocenters. The third kappa shape index (κ3) is 17.0. The Morgan fingerprint density at radius 1 is 1.17 bits per heavy atom. The standard InChI is InChI=1S/C8H16O2.Ca.H2O/c1-2-3-4-5-6-7-8(9)10;;/h2-7H2,1H3,(H,9,10);;1H2/q;+2;/p-2. The molecule has 68 valence electrons. The van der Waals surface area contributed by atoms with Gasteiger partial charge in [0.2, 0.25) is 0 Å². The van der Waals surface area contributed by atoms with E-state index in [1.54, 1.807) is 0 Å². The van der Waals surface area contributed by atoms with Gasteiger partial charge in [0.1, 0.15) is 0 Å². The summed E-state index contributed by atoms with van der Waals surface area (Å²) in [6, 6.07) is 0. The van der Waals surface area contributed by atoms with Crippen LogP contribution in [0.25, 0.3) is 0 Å². The van der Waals surface area contributed by atoms with E-state index in [0.29, 0.717) is 0 Å². The minimum absolute atomic E-state index is 0. The predicted octanol–water partition coefficient (Wildman–Crippen LogP) is 0.539. The normalized spacial score (nSPS) is 8.08. The third-order valence-corrected chi connectivity index (χ3v) is 1.48. The summed E-state index contributed by atoms with van der Waals surface area (Å²) >= 11 is 0. The van der Waals surface area contributed by atoms with E-state index in [9.17, 15) is 9.90 Å². The van der Waals surface area contributed by atoms with E-state index in [0.717, 1.165) is 19.3 Å². The summed E-state index contributed by atoms with van der Waals surface area (Å²) in [5.74, 6) is -0.920. The number of unbranched alkanes of at least 4 members (excludes halogenated alkanes) is 4. The molecule has 12 heavy (non-hydrogen) atoms. The van der Waals surface area contributed by atoms with E-state index in [2.05, 4.69) is 6.92 Å². The smallest absolute Gasteiger partial charge is 0.870 e. The maximum atomic E-state index is 9.92. The summed E-state index contributed by atoms with van der Waals surface area (Å²) < 4.78 is 0. The molecule has 0 fully saturated rings. The molecule has 0 aliphatic rings. The Kier molecular flexibility index (Phi) is 21.9. The zero-order valence-corrected chi connectivity index (χ0v) is 9.92. The van der Waals surface area contributed by atoms with Gasteiger partial charge in [-0.2, -0.15) is 0 Å². The van der Waals surface area contributed by atoms with Crippen molar-refractivity contribution in [2.45, 2.75) is 45.4 Å². The number of hydrogen-bond acceptors (Lipinski definition) is 3. The molecule has 0 aromatic carbocycles. The Labute approximate surface area is 104 Å². The minimum Gasteiger partial charge on any atom is -0.870 e. The molecule has 0 aliphatic carbocycles. The summed E-state index contributed by atoms with van der Waals surface area (Å²) in [6.45, 7) is 2.14. The molecule has 0 aromatic rings. The maximum absolute atomic E-state index is 9.92. The van der Waals surface area contributed by atoms with Crippen molar-refractivity contribution in [1.82, 2.24) is 0 Å². The summed E-state index contributed by atoms with van der Waals surface area (Å²) in [5.41, 5.74) is 0. The van der Waals surface area contributed by atoms with Crippen molar-refractivity contribution in [3.63, 3.8) is 0 Å². The van der Waals surface area contributed by atoms with Gasteiger partial charge in [0.25, 0.3) is 0 Å². The van der Waals surface area contributed by atoms with E-state index in [4.69, 9.17) is 0 Å². The molecule has 0 bridgehead atoms. The minimum atomic E-state index is -0.920. The van der Waals surface area contributed by atoms with Crippen LogP contribution in [0, 0.1) is 0 Å². The second-order valence-electron chi connectivity index (χ2n) is 2.54. The zero-order chi connectivity index (χ0) is 7.82. The summed E-state index contributed by atoms with van der Waals surface area (Å²) in [7, 11) is 0. The zero-order valence-electron chi connectivity index (χ0n) is 7.71. The van der Waals surface area contributed by atoms with Gasteiger partial charge >= 0.3 is 37.7 Å². The molecule has 0 heterocycles. The first-order chi connectivity index (χ1) is 4.77. The SMILES string of the molecule is CCCCCCCC(=O)[O-].[Ca+2].[OH-]. The van der Waals surface area contributed by atoms with Crippen LogP contribution in [-0.2, 0) is 4.79 Å². The van der Waals surface area contributed by atoms with Gasteiger partial charge in [-0.3, -0.25) is 0 Å². The van der Waals surface area contributed by atoms with E-state index in [1.807, 2.05) is 0 Å². The Morgan fingerprint density at radius 2 is 1.67 bits per heavy atom. The number of carbonyl (C=O) groups excluding carboxylic acids is 1. The first-order valence-electron chi connectivity index (χ1n) is 3.97. The first kappa shape index (κ1) is 18.5. The predicted molar refractivity (Wildman–Crippen MR) is 46.1 cm³/mol. The molecule has 1 N–H and O–H groups in total. The second-order valence-corrected chi connectivity index (χ2v) is 2.54. The van der Waals surface area contributed by atoms with Crippen LogP contribution >= 0.6 is 0 Å². The number of carboxylic acid groups (broad SMARTS) is 1. The van der Waals surface area contributed by atoms with E-state index < -0.39 is 5.97 Å². The van der Waals surface area contributed by atoms with Crippen LogP contribution in [-0.4, -0.2) is 49.2 Å². The van der Waals surface area contributed by atoms with Gasteiger partial charge in [-0.25, -0.2) is 0 Å². The molecule has 0 rings (SSSR count). The van der Waals surface area contributed by atoms with Crippen LogP contribution < -0.4 is 5.11 Å². The van der Waals surface area contributed by atoms with Gasteiger partial charge in [0.15, 0.2) is 0 Å². The van der Waals surface area contributed by atoms with Crippen molar-refractivity contribution in [2.75, 3.05) is 0 Å².